The Balaban J connectivity index is 2.27. The second-order valence-electron chi connectivity index (χ2n) is 3.47. The Labute approximate surface area is 102 Å². The van der Waals surface area contributed by atoms with E-state index in [9.17, 15) is 4.79 Å². The lowest BCUT2D eigenvalue weighted by molar-refractivity contribution is 0.0696. The van der Waals surface area contributed by atoms with Crippen LogP contribution in [0.3, 0.4) is 0 Å². The molecule has 0 saturated heterocycles. The van der Waals surface area contributed by atoms with Crippen molar-refractivity contribution in [3.05, 3.63) is 29.3 Å². The van der Waals surface area contributed by atoms with Crippen LogP contribution in [0.1, 0.15) is 15.9 Å². The Morgan fingerprint density at radius 2 is 2.24 bits per heavy atom. The number of nitrogens with zero attached hydrogens (tertiary/aromatic N) is 4. The first-order valence-electron chi connectivity index (χ1n) is 4.82. The number of carboxylic acids is 1. The van der Waals surface area contributed by atoms with Gasteiger partial charge in [-0.2, -0.15) is 0 Å². The number of carboxylic acid groups (broad SMARTS) is 1. The van der Waals surface area contributed by atoms with Crippen molar-refractivity contribution in [2.75, 3.05) is 0 Å². The van der Waals surface area contributed by atoms with E-state index in [2.05, 4.69) is 15.5 Å². The SMILES string of the molecule is Cc1cc(Sc2nnnn2C)ccc1C(=O)O. The molecule has 0 saturated carbocycles. The van der Waals surface area contributed by atoms with Crippen LogP contribution in [0.15, 0.2) is 28.3 Å². The highest BCUT2D eigenvalue weighted by Crippen LogP contribution is 2.26. The van der Waals surface area contributed by atoms with Crippen molar-refractivity contribution in [2.24, 2.45) is 7.05 Å². The molecule has 7 heteroatoms. The minimum absolute atomic E-state index is 0.311. The van der Waals surface area contributed by atoms with Gasteiger partial charge >= 0.3 is 5.97 Å². The van der Waals surface area contributed by atoms with Crippen LogP contribution in [0.4, 0.5) is 0 Å². The number of benzene rings is 1. The van der Waals surface area contributed by atoms with Crippen LogP contribution in [-0.2, 0) is 7.05 Å². The molecular formula is C10H10N4O2S. The Morgan fingerprint density at radius 3 is 2.76 bits per heavy atom. The molecule has 88 valence electrons. The van der Waals surface area contributed by atoms with E-state index in [1.54, 1.807) is 30.8 Å². The van der Waals surface area contributed by atoms with Crippen LogP contribution in [0.25, 0.3) is 0 Å². The summed E-state index contributed by atoms with van der Waals surface area (Å²) in [5, 5.41) is 20.7. The largest absolute Gasteiger partial charge is 0.478 e. The lowest BCUT2D eigenvalue weighted by Crippen LogP contribution is -1.99. The molecule has 2 rings (SSSR count). The van der Waals surface area contributed by atoms with Gasteiger partial charge in [0.25, 0.3) is 0 Å². The zero-order valence-electron chi connectivity index (χ0n) is 9.28. The molecule has 0 atom stereocenters. The zero-order chi connectivity index (χ0) is 12.4. The zero-order valence-corrected chi connectivity index (χ0v) is 10.1. The van der Waals surface area contributed by atoms with E-state index in [1.165, 1.54) is 11.8 Å². The maximum absolute atomic E-state index is 10.9. The predicted octanol–water partition coefficient (Wildman–Crippen LogP) is 1.37. The van der Waals surface area contributed by atoms with Crippen LogP contribution >= 0.6 is 11.8 Å². The molecule has 0 fully saturated rings. The topological polar surface area (TPSA) is 80.9 Å². The summed E-state index contributed by atoms with van der Waals surface area (Å²) in [4.78, 5) is 11.8. The van der Waals surface area contributed by atoms with Crippen molar-refractivity contribution >= 4 is 17.7 Å². The Kier molecular flexibility index (Phi) is 3.10. The lowest BCUT2D eigenvalue weighted by atomic mass is 10.1. The number of rotatable bonds is 3. The average molecular weight is 250 g/mol. The highest BCUT2D eigenvalue weighted by Gasteiger charge is 2.09. The number of tetrazole rings is 1. The molecule has 0 aliphatic carbocycles. The molecule has 1 N–H and O–H groups in total. The van der Waals surface area contributed by atoms with Gasteiger partial charge in [0.15, 0.2) is 0 Å². The normalized spacial score (nSPS) is 10.5. The molecule has 0 aliphatic rings. The second kappa shape index (κ2) is 4.54. The van der Waals surface area contributed by atoms with Crippen LogP contribution < -0.4 is 0 Å². The van der Waals surface area contributed by atoms with Gasteiger partial charge in [0.1, 0.15) is 0 Å². The van der Waals surface area contributed by atoms with Crippen LogP contribution in [0, 0.1) is 6.92 Å². The molecule has 17 heavy (non-hydrogen) atoms. The minimum Gasteiger partial charge on any atom is -0.478 e. The molecule has 0 bridgehead atoms. The smallest absolute Gasteiger partial charge is 0.335 e. The summed E-state index contributed by atoms with van der Waals surface area (Å²) in [5.41, 5.74) is 1.03. The van der Waals surface area contributed by atoms with Crippen molar-refractivity contribution in [1.29, 1.82) is 0 Å². The maximum atomic E-state index is 10.9. The highest BCUT2D eigenvalue weighted by molar-refractivity contribution is 7.99. The fraction of sp³-hybridized carbons (Fsp3) is 0.200. The first kappa shape index (κ1) is 11.6. The fourth-order valence-corrected chi connectivity index (χ4v) is 2.18. The van der Waals surface area contributed by atoms with Gasteiger partial charge < -0.3 is 5.11 Å². The van der Waals surface area contributed by atoms with Crippen LogP contribution in [-0.4, -0.2) is 31.3 Å². The molecular weight excluding hydrogens is 240 g/mol. The van der Waals surface area contributed by atoms with E-state index in [0.717, 1.165) is 10.5 Å². The third-order valence-electron chi connectivity index (χ3n) is 2.22. The standard InChI is InChI=1S/C10H10N4O2S/c1-6-5-7(3-4-8(6)9(15)16)17-10-11-12-13-14(10)2/h3-5H,1-2H3,(H,15,16). The molecule has 0 spiro atoms. The summed E-state index contributed by atoms with van der Waals surface area (Å²) >= 11 is 1.39. The molecule has 0 amide bonds. The number of hydrogen-bond acceptors (Lipinski definition) is 5. The summed E-state index contributed by atoms with van der Waals surface area (Å²) in [6.45, 7) is 1.77. The quantitative estimate of drug-likeness (QED) is 0.886. The summed E-state index contributed by atoms with van der Waals surface area (Å²) in [7, 11) is 1.75. The Bertz CT molecular complexity index is 567. The summed E-state index contributed by atoms with van der Waals surface area (Å²) < 4.78 is 1.56. The number of carbonyl (C=O) groups is 1. The van der Waals surface area contributed by atoms with Gasteiger partial charge in [0, 0.05) is 11.9 Å². The molecule has 0 unspecified atom stereocenters. The van der Waals surface area contributed by atoms with Crippen LogP contribution in [0.5, 0.6) is 0 Å². The van der Waals surface area contributed by atoms with E-state index < -0.39 is 5.97 Å². The molecule has 1 heterocycles. The maximum Gasteiger partial charge on any atom is 0.335 e. The Hall–Kier alpha value is -1.89. The van der Waals surface area contributed by atoms with Crippen molar-refractivity contribution in [3.63, 3.8) is 0 Å². The molecule has 1 aromatic heterocycles. The number of aromatic carboxylic acids is 1. The number of aromatic nitrogens is 4. The van der Waals surface area contributed by atoms with E-state index in [0.29, 0.717) is 10.7 Å². The van der Waals surface area contributed by atoms with Gasteiger partial charge in [0.05, 0.1) is 5.56 Å². The average Bonchev–Trinajstić information content (AvgIpc) is 2.64. The number of hydrogen-bond donors (Lipinski definition) is 1. The first-order chi connectivity index (χ1) is 8.08. The van der Waals surface area contributed by atoms with Crippen molar-refractivity contribution in [1.82, 2.24) is 20.2 Å². The van der Waals surface area contributed by atoms with Crippen molar-refractivity contribution < 1.29 is 9.90 Å². The summed E-state index contributed by atoms with van der Waals surface area (Å²) in [6, 6.07) is 5.14. The second-order valence-corrected chi connectivity index (χ2v) is 4.51. The monoisotopic (exact) mass is 250 g/mol. The lowest BCUT2D eigenvalue weighted by Gasteiger charge is -2.03. The van der Waals surface area contributed by atoms with Crippen LogP contribution in [0.2, 0.25) is 0 Å². The minimum atomic E-state index is -0.917. The van der Waals surface area contributed by atoms with E-state index in [4.69, 9.17) is 5.11 Å². The third-order valence-corrected chi connectivity index (χ3v) is 3.24. The van der Waals surface area contributed by atoms with Gasteiger partial charge in [0.2, 0.25) is 5.16 Å². The van der Waals surface area contributed by atoms with Gasteiger partial charge in [-0.1, -0.05) is 0 Å². The first-order valence-corrected chi connectivity index (χ1v) is 5.63. The Morgan fingerprint density at radius 1 is 1.47 bits per heavy atom. The highest BCUT2D eigenvalue weighted by atomic mass is 32.2. The molecule has 1 aromatic carbocycles. The van der Waals surface area contributed by atoms with Crippen molar-refractivity contribution in [3.8, 4) is 0 Å². The summed E-state index contributed by atoms with van der Waals surface area (Å²) in [5.74, 6) is -0.917. The molecule has 2 aromatic rings. The van der Waals surface area contributed by atoms with Crippen molar-refractivity contribution in [2.45, 2.75) is 17.0 Å². The van der Waals surface area contributed by atoms with Gasteiger partial charge in [-0.3, -0.25) is 0 Å². The molecule has 0 aliphatic heterocycles. The fourth-order valence-electron chi connectivity index (χ4n) is 1.35. The molecule has 6 nitrogen and oxygen atoms in total. The molecule has 0 radical (unpaired) electrons. The van der Waals surface area contributed by atoms with E-state index in [-0.39, 0.29) is 0 Å². The van der Waals surface area contributed by atoms with E-state index in [1.807, 2.05) is 6.07 Å². The summed E-state index contributed by atoms with van der Waals surface area (Å²) in [6.07, 6.45) is 0. The predicted molar refractivity (Wildman–Crippen MR) is 61.1 cm³/mol. The number of aryl methyl sites for hydroxylation is 2. The van der Waals surface area contributed by atoms with E-state index >= 15 is 0 Å². The van der Waals surface area contributed by atoms with Gasteiger partial charge in [-0.05, 0) is 52.9 Å². The van der Waals surface area contributed by atoms with Gasteiger partial charge in [-0.25, -0.2) is 9.48 Å². The van der Waals surface area contributed by atoms with Gasteiger partial charge in [-0.15, -0.1) is 5.10 Å². The third kappa shape index (κ3) is 2.44.